The van der Waals surface area contributed by atoms with Gasteiger partial charge in [0.15, 0.2) is 0 Å². The molecule has 0 bridgehead atoms. The molecule has 1 aromatic carbocycles. The zero-order valence-electron chi connectivity index (χ0n) is 14.2. The van der Waals surface area contributed by atoms with Crippen LogP contribution in [0.5, 0.6) is 0 Å². The summed E-state index contributed by atoms with van der Waals surface area (Å²) in [6.45, 7) is 4.56. The van der Waals surface area contributed by atoms with E-state index in [-0.39, 0.29) is 29.6 Å². The van der Waals surface area contributed by atoms with Crippen LogP contribution in [-0.2, 0) is 9.53 Å². The number of rotatable bonds is 6. The van der Waals surface area contributed by atoms with Crippen molar-refractivity contribution in [3.05, 3.63) is 29.8 Å². The van der Waals surface area contributed by atoms with Crippen molar-refractivity contribution in [2.24, 2.45) is 5.41 Å². The van der Waals surface area contributed by atoms with Crippen molar-refractivity contribution < 1.29 is 14.3 Å². The number of amides is 2. The SMILES string of the molecule is COCC1(CNC(=O)c2cccc(NC(C)=O)c2)CCNCC1.Cl. The lowest BCUT2D eigenvalue weighted by molar-refractivity contribution is -0.114. The molecule has 0 unspecified atom stereocenters. The highest BCUT2D eigenvalue weighted by molar-refractivity contribution is 5.96. The first-order valence-electron chi connectivity index (χ1n) is 7.90. The van der Waals surface area contributed by atoms with Crippen molar-refractivity contribution in [1.82, 2.24) is 10.6 Å². The van der Waals surface area contributed by atoms with E-state index in [9.17, 15) is 9.59 Å². The van der Waals surface area contributed by atoms with Gasteiger partial charge in [-0.2, -0.15) is 0 Å². The van der Waals surface area contributed by atoms with E-state index in [1.165, 1.54) is 6.92 Å². The first-order chi connectivity index (χ1) is 11.0. The largest absolute Gasteiger partial charge is 0.384 e. The summed E-state index contributed by atoms with van der Waals surface area (Å²) in [5, 5.41) is 9.04. The lowest BCUT2D eigenvalue weighted by Crippen LogP contribution is -2.47. The maximum absolute atomic E-state index is 12.4. The Balaban J connectivity index is 0.00000288. The highest BCUT2D eigenvalue weighted by Gasteiger charge is 2.32. The predicted octanol–water partition coefficient (Wildman–Crippen LogP) is 1.81. The van der Waals surface area contributed by atoms with Crippen molar-refractivity contribution in [2.45, 2.75) is 19.8 Å². The summed E-state index contributed by atoms with van der Waals surface area (Å²) in [5.74, 6) is -0.289. The van der Waals surface area contributed by atoms with Crippen LogP contribution >= 0.6 is 12.4 Å². The Morgan fingerprint density at radius 2 is 2.00 bits per heavy atom. The molecule has 1 aliphatic heterocycles. The van der Waals surface area contributed by atoms with Crippen LogP contribution in [0, 0.1) is 5.41 Å². The highest BCUT2D eigenvalue weighted by atomic mass is 35.5. The maximum Gasteiger partial charge on any atom is 0.251 e. The van der Waals surface area contributed by atoms with E-state index in [0.29, 0.717) is 24.4 Å². The number of carbonyl (C=O) groups excluding carboxylic acids is 2. The summed E-state index contributed by atoms with van der Waals surface area (Å²) < 4.78 is 5.36. The van der Waals surface area contributed by atoms with E-state index in [4.69, 9.17) is 4.74 Å². The zero-order chi connectivity index (χ0) is 16.7. The minimum Gasteiger partial charge on any atom is -0.384 e. The van der Waals surface area contributed by atoms with Crippen LogP contribution in [0.25, 0.3) is 0 Å². The van der Waals surface area contributed by atoms with E-state index in [0.717, 1.165) is 25.9 Å². The third kappa shape index (κ3) is 5.78. The van der Waals surface area contributed by atoms with Crippen molar-refractivity contribution in [1.29, 1.82) is 0 Å². The molecule has 0 radical (unpaired) electrons. The molecule has 0 aliphatic carbocycles. The third-order valence-electron chi connectivity index (χ3n) is 4.18. The minimum absolute atomic E-state index is 0. The van der Waals surface area contributed by atoms with Crippen LogP contribution in [0.4, 0.5) is 5.69 Å². The average Bonchev–Trinajstić information content (AvgIpc) is 2.53. The minimum atomic E-state index is -0.156. The molecule has 0 aromatic heterocycles. The predicted molar refractivity (Wildman–Crippen MR) is 96.7 cm³/mol. The number of anilines is 1. The van der Waals surface area contributed by atoms with Crippen molar-refractivity contribution >= 4 is 29.9 Å². The molecule has 2 rings (SSSR count). The van der Waals surface area contributed by atoms with Gasteiger partial charge in [0.05, 0.1) is 6.61 Å². The molecule has 24 heavy (non-hydrogen) atoms. The van der Waals surface area contributed by atoms with Gasteiger partial charge in [0, 0.05) is 37.2 Å². The fourth-order valence-electron chi connectivity index (χ4n) is 2.95. The fourth-order valence-corrected chi connectivity index (χ4v) is 2.95. The molecule has 1 fully saturated rings. The molecule has 1 aromatic rings. The fraction of sp³-hybridized carbons (Fsp3) is 0.529. The molecule has 1 aliphatic rings. The van der Waals surface area contributed by atoms with Gasteiger partial charge in [-0.1, -0.05) is 6.07 Å². The van der Waals surface area contributed by atoms with Crippen molar-refractivity contribution in [2.75, 3.05) is 38.7 Å². The summed E-state index contributed by atoms with van der Waals surface area (Å²) in [5.41, 5.74) is 1.15. The van der Waals surface area contributed by atoms with Gasteiger partial charge in [0.2, 0.25) is 5.91 Å². The van der Waals surface area contributed by atoms with Crippen LogP contribution in [0.3, 0.4) is 0 Å². The Kier molecular flexibility index (Phi) is 8.18. The number of halogens is 1. The van der Waals surface area contributed by atoms with Crippen LogP contribution in [0.15, 0.2) is 24.3 Å². The highest BCUT2D eigenvalue weighted by Crippen LogP contribution is 2.28. The van der Waals surface area contributed by atoms with Gasteiger partial charge < -0.3 is 20.7 Å². The van der Waals surface area contributed by atoms with Gasteiger partial charge in [0.25, 0.3) is 5.91 Å². The second kappa shape index (κ2) is 9.61. The maximum atomic E-state index is 12.4. The van der Waals surface area contributed by atoms with Gasteiger partial charge >= 0.3 is 0 Å². The number of hydrogen-bond acceptors (Lipinski definition) is 4. The van der Waals surface area contributed by atoms with Crippen LogP contribution < -0.4 is 16.0 Å². The molecule has 0 atom stereocenters. The molecular formula is C17H26ClN3O3. The topological polar surface area (TPSA) is 79.5 Å². The first kappa shape index (κ1) is 20.4. The summed E-state index contributed by atoms with van der Waals surface area (Å²) in [6.07, 6.45) is 1.96. The summed E-state index contributed by atoms with van der Waals surface area (Å²) in [4.78, 5) is 23.5. The normalized spacial score (nSPS) is 15.9. The molecule has 0 spiro atoms. The van der Waals surface area contributed by atoms with Gasteiger partial charge in [-0.05, 0) is 44.1 Å². The number of nitrogens with one attached hydrogen (secondary N) is 3. The smallest absolute Gasteiger partial charge is 0.251 e. The number of methoxy groups -OCH3 is 1. The lowest BCUT2D eigenvalue weighted by atomic mass is 9.79. The van der Waals surface area contributed by atoms with Gasteiger partial charge in [-0.15, -0.1) is 12.4 Å². The van der Waals surface area contributed by atoms with Gasteiger partial charge in [-0.3, -0.25) is 9.59 Å². The van der Waals surface area contributed by atoms with Crippen LogP contribution in [0.1, 0.15) is 30.1 Å². The Labute approximate surface area is 149 Å². The number of carbonyl (C=O) groups is 2. The monoisotopic (exact) mass is 355 g/mol. The second-order valence-corrected chi connectivity index (χ2v) is 6.13. The quantitative estimate of drug-likeness (QED) is 0.727. The Morgan fingerprint density at radius 3 is 2.62 bits per heavy atom. The summed E-state index contributed by atoms with van der Waals surface area (Å²) >= 11 is 0. The number of hydrogen-bond donors (Lipinski definition) is 3. The van der Waals surface area contributed by atoms with Crippen LogP contribution in [0.2, 0.25) is 0 Å². The molecule has 3 N–H and O–H groups in total. The van der Waals surface area contributed by atoms with E-state index < -0.39 is 0 Å². The number of ether oxygens (including phenoxy) is 1. The Morgan fingerprint density at radius 1 is 1.29 bits per heavy atom. The van der Waals surface area contributed by atoms with Gasteiger partial charge in [-0.25, -0.2) is 0 Å². The third-order valence-corrected chi connectivity index (χ3v) is 4.18. The van der Waals surface area contributed by atoms with Gasteiger partial charge in [0.1, 0.15) is 0 Å². The Bertz CT molecular complexity index is 554. The molecule has 0 saturated carbocycles. The second-order valence-electron chi connectivity index (χ2n) is 6.13. The average molecular weight is 356 g/mol. The zero-order valence-corrected chi connectivity index (χ0v) is 15.0. The number of benzene rings is 1. The molecule has 7 heteroatoms. The molecule has 1 heterocycles. The molecule has 1 saturated heterocycles. The van der Waals surface area contributed by atoms with E-state index in [1.807, 2.05) is 0 Å². The standard InChI is InChI=1S/C17H25N3O3.ClH/c1-13(21)20-15-5-3-4-14(10-15)16(22)19-11-17(12-23-2)6-8-18-9-7-17;/h3-5,10,18H,6-9,11-12H2,1-2H3,(H,19,22)(H,20,21);1H. The van der Waals surface area contributed by atoms with Crippen molar-refractivity contribution in [3.8, 4) is 0 Å². The van der Waals surface area contributed by atoms with Crippen molar-refractivity contribution in [3.63, 3.8) is 0 Å². The van der Waals surface area contributed by atoms with E-state index >= 15 is 0 Å². The van der Waals surface area contributed by atoms with E-state index in [2.05, 4.69) is 16.0 Å². The molecule has 6 nitrogen and oxygen atoms in total. The summed E-state index contributed by atoms with van der Waals surface area (Å²) in [7, 11) is 1.70. The number of piperidine rings is 1. The van der Waals surface area contributed by atoms with Crippen LogP contribution in [-0.4, -0.2) is 45.2 Å². The first-order valence-corrected chi connectivity index (χ1v) is 7.90. The molecular weight excluding hydrogens is 330 g/mol. The molecule has 2 amide bonds. The lowest BCUT2D eigenvalue weighted by Gasteiger charge is -2.37. The van der Waals surface area contributed by atoms with E-state index in [1.54, 1.807) is 31.4 Å². The molecule has 134 valence electrons. The Hall–Kier alpha value is -1.63. The summed E-state index contributed by atoms with van der Waals surface area (Å²) in [6, 6.07) is 6.95.